The minimum Gasteiger partial charge on any atom is -0.394 e. The molecule has 16 heavy (non-hydrogen) atoms. The first-order valence-electron chi connectivity index (χ1n) is 4.38. The van der Waals surface area contributed by atoms with Crippen LogP contribution in [0.3, 0.4) is 0 Å². The number of nitrogen functional groups attached to an aromatic ring is 1. The Morgan fingerprint density at radius 2 is 2.00 bits per heavy atom. The van der Waals surface area contributed by atoms with Gasteiger partial charge in [0.1, 0.15) is 17.3 Å². The van der Waals surface area contributed by atoms with Crippen molar-refractivity contribution in [3.63, 3.8) is 0 Å². The van der Waals surface area contributed by atoms with E-state index in [9.17, 15) is 13.6 Å². The van der Waals surface area contributed by atoms with E-state index in [4.69, 9.17) is 5.73 Å². The van der Waals surface area contributed by atoms with Gasteiger partial charge in [-0.05, 0) is 18.2 Å². The Morgan fingerprint density at radius 3 is 2.62 bits per heavy atom. The second-order valence-corrected chi connectivity index (χ2v) is 3.16. The molecule has 6 heteroatoms. The maximum Gasteiger partial charge on any atom is 0.287 e. The molecule has 1 aromatic heterocycles. The normalized spacial score (nSPS) is 10.4. The molecule has 0 radical (unpaired) electrons. The first-order valence-corrected chi connectivity index (χ1v) is 4.38. The summed E-state index contributed by atoms with van der Waals surface area (Å²) >= 11 is 0. The standard InChI is InChI=1S/C10H7F2N3O/c11-5-1-2-6(7(12)3-5)9-4-8(13)10(16)15-14-9/h1-4H,(H2,13,14)(H,15,16). The minimum absolute atomic E-state index is 0.0735. The largest absolute Gasteiger partial charge is 0.394 e. The van der Waals surface area contributed by atoms with Crippen LogP contribution in [0, 0.1) is 11.6 Å². The van der Waals surface area contributed by atoms with E-state index < -0.39 is 17.2 Å². The summed E-state index contributed by atoms with van der Waals surface area (Å²) in [6.07, 6.45) is 0. The van der Waals surface area contributed by atoms with Crippen molar-refractivity contribution in [1.82, 2.24) is 10.2 Å². The van der Waals surface area contributed by atoms with E-state index in [2.05, 4.69) is 10.2 Å². The van der Waals surface area contributed by atoms with Crippen molar-refractivity contribution in [2.24, 2.45) is 0 Å². The molecular formula is C10H7F2N3O. The summed E-state index contributed by atoms with van der Waals surface area (Å²) in [5.74, 6) is -1.45. The lowest BCUT2D eigenvalue weighted by atomic mass is 10.1. The summed E-state index contributed by atoms with van der Waals surface area (Å²) in [6, 6.07) is 4.29. The summed E-state index contributed by atoms with van der Waals surface area (Å²) in [5.41, 5.74) is 4.95. The molecule has 1 heterocycles. The second-order valence-electron chi connectivity index (χ2n) is 3.16. The molecule has 1 aromatic carbocycles. The number of anilines is 1. The number of hydrogen-bond donors (Lipinski definition) is 2. The summed E-state index contributed by atoms with van der Waals surface area (Å²) in [5, 5.41) is 5.74. The van der Waals surface area contributed by atoms with E-state index in [1.165, 1.54) is 12.1 Å². The van der Waals surface area contributed by atoms with Crippen LogP contribution in [0.15, 0.2) is 29.1 Å². The van der Waals surface area contributed by atoms with Gasteiger partial charge in [0.25, 0.3) is 5.56 Å². The van der Waals surface area contributed by atoms with E-state index in [-0.39, 0.29) is 16.9 Å². The van der Waals surface area contributed by atoms with Crippen LogP contribution < -0.4 is 11.3 Å². The Hall–Kier alpha value is -2.24. The number of nitrogens with zero attached hydrogens (tertiary/aromatic N) is 1. The second kappa shape index (κ2) is 3.73. The number of aromatic nitrogens is 2. The lowest BCUT2D eigenvalue weighted by Gasteiger charge is -2.02. The summed E-state index contributed by atoms with van der Waals surface area (Å²) in [7, 11) is 0. The van der Waals surface area contributed by atoms with Crippen LogP contribution in [0.5, 0.6) is 0 Å². The van der Waals surface area contributed by atoms with Gasteiger partial charge in [-0.25, -0.2) is 13.9 Å². The van der Waals surface area contributed by atoms with Crippen LogP contribution in [0.2, 0.25) is 0 Å². The third-order valence-electron chi connectivity index (χ3n) is 2.04. The highest BCUT2D eigenvalue weighted by molar-refractivity contribution is 5.62. The fourth-order valence-electron chi connectivity index (χ4n) is 1.26. The van der Waals surface area contributed by atoms with Crippen molar-refractivity contribution in [1.29, 1.82) is 0 Å². The third-order valence-corrected chi connectivity index (χ3v) is 2.04. The highest BCUT2D eigenvalue weighted by Crippen LogP contribution is 2.21. The maximum atomic E-state index is 13.4. The maximum absolute atomic E-state index is 13.4. The zero-order valence-corrected chi connectivity index (χ0v) is 8.00. The fourth-order valence-corrected chi connectivity index (χ4v) is 1.26. The number of H-pyrrole nitrogens is 1. The number of nitrogens with two attached hydrogens (primary N) is 1. The minimum atomic E-state index is -0.765. The average molecular weight is 223 g/mol. The van der Waals surface area contributed by atoms with Crippen molar-refractivity contribution in [3.05, 3.63) is 46.3 Å². The number of rotatable bonds is 1. The topological polar surface area (TPSA) is 71.8 Å². The molecule has 0 atom stereocenters. The number of nitrogens with one attached hydrogen (secondary N) is 1. The Balaban J connectivity index is 2.59. The van der Waals surface area contributed by atoms with Crippen molar-refractivity contribution >= 4 is 5.69 Å². The van der Waals surface area contributed by atoms with Crippen LogP contribution in [-0.2, 0) is 0 Å². The lowest BCUT2D eigenvalue weighted by molar-refractivity contribution is 0.585. The Bertz CT molecular complexity index is 595. The number of halogens is 2. The van der Waals surface area contributed by atoms with E-state index in [0.717, 1.165) is 12.1 Å². The highest BCUT2D eigenvalue weighted by Gasteiger charge is 2.09. The monoisotopic (exact) mass is 223 g/mol. The molecule has 0 fully saturated rings. The molecule has 4 nitrogen and oxygen atoms in total. The predicted molar refractivity (Wildman–Crippen MR) is 54.6 cm³/mol. The highest BCUT2D eigenvalue weighted by atomic mass is 19.1. The fraction of sp³-hybridized carbons (Fsp3) is 0. The van der Waals surface area contributed by atoms with Crippen molar-refractivity contribution in [3.8, 4) is 11.3 Å². The van der Waals surface area contributed by atoms with E-state index in [1.54, 1.807) is 0 Å². The van der Waals surface area contributed by atoms with Crippen molar-refractivity contribution in [2.45, 2.75) is 0 Å². The van der Waals surface area contributed by atoms with Gasteiger partial charge in [0.05, 0.1) is 5.69 Å². The van der Waals surface area contributed by atoms with Crippen molar-refractivity contribution in [2.75, 3.05) is 5.73 Å². The molecule has 0 saturated heterocycles. The molecule has 0 bridgehead atoms. The van der Waals surface area contributed by atoms with Gasteiger partial charge in [-0.1, -0.05) is 0 Å². The first-order chi connectivity index (χ1) is 7.58. The van der Waals surface area contributed by atoms with Crippen molar-refractivity contribution < 1.29 is 8.78 Å². The number of aromatic amines is 1. The Morgan fingerprint density at radius 1 is 1.25 bits per heavy atom. The molecule has 0 unspecified atom stereocenters. The van der Waals surface area contributed by atoms with Gasteiger partial charge in [-0.3, -0.25) is 4.79 Å². The molecular weight excluding hydrogens is 216 g/mol. The smallest absolute Gasteiger partial charge is 0.287 e. The average Bonchev–Trinajstić information content (AvgIpc) is 2.22. The van der Waals surface area contributed by atoms with Crippen LogP contribution in [0.25, 0.3) is 11.3 Å². The molecule has 0 saturated carbocycles. The Labute approximate surface area is 88.7 Å². The van der Waals surface area contributed by atoms with Crippen LogP contribution in [-0.4, -0.2) is 10.2 Å². The molecule has 82 valence electrons. The lowest BCUT2D eigenvalue weighted by Crippen LogP contribution is -2.13. The zero-order valence-electron chi connectivity index (χ0n) is 8.00. The van der Waals surface area contributed by atoms with Gasteiger partial charge >= 0.3 is 0 Å². The van der Waals surface area contributed by atoms with Gasteiger partial charge in [0.15, 0.2) is 0 Å². The zero-order chi connectivity index (χ0) is 11.7. The summed E-state index contributed by atoms with van der Waals surface area (Å²) in [6.45, 7) is 0. The van der Waals surface area contributed by atoms with Gasteiger partial charge in [-0.15, -0.1) is 0 Å². The van der Waals surface area contributed by atoms with Crippen LogP contribution >= 0.6 is 0 Å². The Kier molecular flexibility index (Phi) is 2.40. The quantitative estimate of drug-likeness (QED) is 0.765. The van der Waals surface area contributed by atoms with Gasteiger partial charge in [0, 0.05) is 11.6 Å². The number of hydrogen-bond acceptors (Lipinski definition) is 3. The predicted octanol–water partition coefficient (Wildman–Crippen LogP) is 1.30. The molecule has 0 aliphatic carbocycles. The summed E-state index contributed by atoms with van der Waals surface area (Å²) < 4.78 is 26.0. The molecule has 2 rings (SSSR count). The molecule has 0 aliphatic rings. The van der Waals surface area contributed by atoms with Gasteiger partial charge in [-0.2, -0.15) is 5.10 Å². The first kappa shape index (κ1) is 10.3. The number of benzene rings is 1. The van der Waals surface area contributed by atoms with Gasteiger partial charge in [0.2, 0.25) is 0 Å². The van der Waals surface area contributed by atoms with E-state index in [0.29, 0.717) is 0 Å². The van der Waals surface area contributed by atoms with Gasteiger partial charge < -0.3 is 5.73 Å². The molecule has 0 spiro atoms. The third kappa shape index (κ3) is 1.77. The van der Waals surface area contributed by atoms with Crippen LogP contribution in [0.4, 0.5) is 14.5 Å². The van der Waals surface area contributed by atoms with E-state index in [1.807, 2.05) is 0 Å². The van der Waals surface area contributed by atoms with Crippen LogP contribution in [0.1, 0.15) is 0 Å². The summed E-state index contributed by atoms with van der Waals surface area (Å²) in [4.78, 5) is 10.9. The molecule has 3 N–H and O–H groups in total. The molecule has 2 aromatic rings. The van der Waals surface area contributed by atoms with E-state index >= 15 is 0 Å². The SMILES string of the molecule is Nc1cc(-c2ccc(F)cc2F)n[nH]c1=O. The molecule has 0 amide bonds. The molecule has 0 aliphatic heterocycles.